The summed E-state index contributed by atoms with van der Waals surface area (Å²) < 4.78 is 0.885. The molecular formula is C18H21BrN6O2. The minimum absolute atomic E-state index is 0.0337. The van der Waals surface area contributed by atoms with Crippen LogP contribution in [0.4, 0.5) is 16.4 Å². The first-order chi connectivity index (χ1) is 13.1. The fourth-order valence-corrected chi connectivity index (χ4v) is 3.19. The molecule has 0 radical (unpaired) electrons. The number of anilines is 2. The van der Waals surface area contributed by atoms with E-state index < -0.39 is 0 Å². The molecule has 9 heteroatoms. The van der Waals surface area contributed by atoms with E-state index in [2.05, 4.69) is 41.4 Å². The number of nitrogens with one attached hydrogen (secondary N) is 2. The standard InChI is InChI=1S/C18H21BrN6O2/c19-14-3-1-4-15(13-14)23-18(27)22-8-5-16(26)24-9-11-25(12-10-24)17-20-6-2-7-21-17/h1-4,6-7,13H,5,8-12H2,(H2,22,23,27). The Morgan fingerprint density at radius 2 is 1.81 bits per heavy atom. The number of amides is 3. The lowest BCUT2D eigenvalue weighted by molar-refractivity contribution is -0.131. The van der Waals surface area contributed by atoms with Crippen LogP contribution in [0.25, 0.3) is 0 Å². The Labute approximate surface area is 166 Å². The molecule has 2 heterocycles. The third-order valence-corrected chi connectivity index (χ3v) is 4.67. The van der Waals surface area contributed by atoms with Gasteiger partial charge < -0.3 is 20.4 Å². The average Bonchev–Trinajstić information content (AvgIpc) is 2.69. The number of benzene rings is 1. The lowest BCUT2D eigenvalue weighted by Crippen LogP contribution is -2.49. The fourth-order valence-electron chi connectivity index (χ4n) is 2.79. The summed E-state index contributed by atoms with van der Waals surface area (Å²) in [5.74, 6) is 0.724. The molecule has 2 N–H and O–H groups in total. The number of nitrogens with zero attached hydrogens (tertiary/aromatic N) is 4. The van der Waals surface area contributed by atoms with Crippen LogP contribution in [0.2, 0.25) is 0 Å². The van der Waals surface area contributed by atoms with Crippen molar-refractivity contribution in [3.8, 4) is 0 Å². The van der Waals surface area contributed by atoms with Gasteiger partial charge in [-0.05, 0) is 24.3 Å². The number of halogens is 1. The second-order valence-electron chi connectivity index (χ2n) is 6.06. The van der Waals surface area contributed by atoms with E-state index in [1.54, 1.807) is 30.6 Å². The van der Waals surface area contributed by atoms with Gasteiger partial charge in [0, 0.05) is 61.7 Å². The van der Waals surface area contributed by atoms with E-state index in [0.717, 1.165) is 4.47 Å². The molecule has 1 aliphatic rings. The molecule has 1 saturated heterocycles. The highest BCUT2D eigenvalue weighted by Gasteiger charge is 2.22. The molecule has 3 amide bonds. The van der Waals surface area contributed by atoms with Gasteiger partial charge in [-0.2, -0.15) is 0 Å². The number of hydrogen-bond donors (Lipinski definition) is 2. The Balaban J connectivity index is 1.37. The van der Waals surface area contributed by atoms with Gasteiger partial charge in [-0.1, -0.05) is 22.0 Å². The molecule has 1 aromatic carbocycles. The summed E-state index contributed by atoms with van der Waals surface area (Å²) in [6.07, 6.45) is 3.70. The highest BCUT2D eigenvalue weighted by atomic mass is 79.9. The first kappa shape index (κ1) is 19.1. The number of urea groups is 1. The van der Waals surface area contributed by atoms with E-state index in [-0.39, 0.29) is 18.4 Å². The maximum Gasteiger partial charge on any atom is 0.319 e. The van der Waals surface area contributed by atoms with Crippen LogP contribution in [0.1, 0.15) is 6.42 Å². The molecule has 2 aromatic rings. The average molecular weight is 433 g/mol. The van der Waals surface area contributed by atoms with Crippen LogP contribution >= 0.6 is 15.9 Å². The van der Waals surface area contributed by atoms with Crippen molar-refractivity contribution in [2.75, 3.05) is 42.9 Å². The summed E-state index contributed by atoms with van der Waals surface area (Å²) in [5.41, 5.74) is 0.687. The lowest BCUT2D eigenvalue weighted by Gasteiger charge is -2.34. The molecule has 0 aliphatic carbocycles. The zero-order chi connectivity index (χ0) is 19.1. The Morgan fingerprint density at radius 1 is 1.07 bits per heavy atom. The molecule has 0 spiro atoms. The van der Waals surface area contributed by atoms with Crippen molar-refractivity contribution in [3.05, 3.63) is 47.2 Å². The molecule has 1 fully saturated rings. The van der Waals surface area contributed by atoms with Crippen molar-refractivity contribution in [2.24, 2.45) is 0 Å². The van der Waals surface area contributed by atoms with Gasteiger partial charge in [-0.15, -0.1) is 0 Å². The summed E-state index contributed by atoms with van der Waals surface area (Å²) in [6, 6.07) is 8.77. The first-order valence-electron chi connectivity index (χ1n) is 8.72. The van der Waals surface area contributed by atoms with Gasteiger partial charge in [-0.25, -0.2) is 14.8 Å². The maximum atomic E-state index is 12.3. The largest absolute Gasteiger partial charge is 0.339 e. The van der Waals surface area contributed by atoms with Crippen LogP contribution in [0.15, 0.2) is 47.2 Å². The predicted molar refractivity (Wildman–Crippen MR) is 107 cm³/mol. The molecule has 1 aromatic heterocycles. The second kappa shape index (κ2) is 9.31. The monoisotopic (exact) mass is 432 g/mol. The molecule has 0 bridgehead atoms. The Morgan fingerprint density at radius 3 is 2.52 bits per heavy atom. The summed E-state index contributed by atoms with van der Waals surface area (Å²) in [4.78, 5) is 36.6. The number of aromatic nitrogens is 2. The molecule has 142 valence electrons. The van der Waals surface area contributed by atoms with Gasteiger partial charge in [-0.3, -0.25) is 4.79 Å². The lowest BCUT2D eigenvalue weighted by atomic mass is 10.3. The van der Waals surface area contributed by atoms with Crippen LogP contribution < -0.4 is 15.5 Å². The van der Waals surface area contributed by atoms with Gasteiger partial charge >= 0.3 is 6.03 Å². The van der Waals surface area contributed by atoms with Gasteiger partial charge in [0.1, 0.15) is 0 Å². The molecule has 0 saturated carbocycles. The third kappa shape index (κ3) is 5.65. The van der Waals surface area contributed by atoms with E-state index >= 15 is 0 Å². The predicted octanol–water partition coefficient (Wildman–Crippen LogP) is 2.10. The van der Waals surface area contributed by atoms with E-state index in [1.807, 2.05) is 17.0 Å². The summed E-state index contributed by atoms with van der Waals surface area (Å²) >= 11 is 3.35. The van der Waals surface area contributed by atoms with Crippen LogP contribution in [0, 0.1) is 0 Å². The van der Waals surface area contributed by atoms with Crippen LogP contribution in [-0.2, 0) is 4.79 Å². The van der Waals surface area contributed by atoms with Crippen molar-refractivity contribution in [3.63, 3.8) is 0 Å². The highest BCUT2D eigenvalue weighted by molar-refractivity contribution is 9.10. The molecule has 8 nitrogen and oxygen atoms in total. The number of hydrogen-bond acceptors (Lipinski definition) is 5. The number of carbonyl (C=O) groups excluding carboxylic acids is 2. The number of carbonyl (C=O) groups is 2. The normalized spacial score (nSPS) is 14.0. The molecule has 3 rings (SSSR count). The van der Waals surface area contributed by atoms with E-state index in [9.17, 15) is 9.59 Å². The maximum absolute atomic E-state index is 12.3. The van der Waals surface area contributed by atoms with Crippen molar-refractivity contribution in [1.29, 1.82) is 0 Å². The number of rotatable bonds is 5. The summed E-state index contributed by atoms with van der Waals surface area (Å²) in [7, 11) is 0. The van der Waals surface area contributed by atoms with Crippen LogP contribution in [0.3, 0.4) is 0 Å². The topological polar surface area (TPSA) is 90.5 Å². The quantitative estimate of drug-likeness (QED) is 0.754. The molecule has 1 aliphatic heterocycles. The van der Waals surface area contributed by atoms with Crippen molar-refractivity contribution in [1.82, 2.24) is 20.2 Å². The molecule has 0 atom stereocenters. The molecule has 27 heavy (non-hydrogen) atoms. The third-order valence-electron chi connectivity index (χ3n) is 4.17. The Bertz CT molecular complexity index is 780. The Kier molecular flexibility index (Phi) is 6.59. The van der Waals surface area contributed by atoms with E-state index in [0.29, 0.717) is 44.4 Å². The van der Waals surface area contributed by atoms with Gasteiger partial charge in [0.05, 0.1) is 0 Å². The highest BCUT2D eigenvalue weighted by Crippen LogP contribution is 2.15. The second-order valence-corrected chi connectivity index (χ2v) is 6.97. The van der Waals surface area contributed by atoms with Gasteiger partial charge in [0.25, 0.3) is 0 Å². The fraction of sp³-hybridized carbons (Fsp3) is 0.333. The van der Waals surface area contributed by atoms with E-state index in [4.69, 9.17) is 0 Å². The van der Waals surface area contributed by atoms with Gasteiger partial charge in [0.15, 0.2) is 0 Å². The van der Waals surface area contributed by atoms with Crippen LogP contribution in [0.5, 0.6) is 0 Å². The summed E-state index contributed by atoms with van der Waals surface area (Å²) in [5, 5.41) is 5.45. The molecule has 0 unspecified atom stereocenters. The minimum Gasteiger partial charge on any atom is -0.339 e. The zero-order valence-electron chi connectivity index (χ0n) is 14.8. The number of piperazine rings is 1. The zero-order valence-corrected chi connectivity index (χ0v) is 16.4. The van der Waals surface area contributed by atoms with Gasteiger partial charge in [0.2, 0.25) is 11.9 Å². The van der Waals surface area contributed by atoms with Crippen molar-refractivity contribution in [2.45, 2.75) is 6.42 Å². The Hall–Kier alpha value is -2.68. The smallest absolute Gasteiger partial charge is 0.319 e. The summed E-state index contributed by atoms with van der Waals surface area (Å²) in [6.45, 7) is 2.95. The minimum atomic E-state index is -0.327. The van der Waals surface area contributed by atoms with Crippen molar-refractivity contribution < 1.29 is 9.59 Å². The molecular weight excluding hydrogens is 412 g/mol. The SMILES string of the molecule is O=C(NCCC(=O)N1CCN(c2ncccn2)CC1)Nc1cccc(Br)c1. The van der Waals surface area contributed by atoms with E-state index in [1.165, 1.54) is 0 Å². The van der Waals surface area contributed by atoms with Crippen LogP contribution in [-0.4, -0.2) is 59.5 Å². The first-order valence-corrected chi connectivity index (χ1v) is 9.51. The van der Waals surface area contributed by atoms with Crippen molar-refractivity contribution >= 4 is 39.5 Å².